The molecule has 0 fully saturated rings. The van der Waals surface area contributed by atoms with Crippen LogP contribution in [0.3, 0.4) is 0 Å². The van der Waals surface area contributed by atoms with Crippen LogP contribution < -0.4 is 9.47 Å². The summed E-state index contributed by atoms with van der Waals surface area (Å²) in [6.07, 6.45) is -5.49. The van der Waals surface area contributed by atoms with Gasteiger partial charge < -0.3 is 14.6 Å². The van der Waals surface area contributed by atoms with Crippen LogP contribution in [0.1, 0.15) is 11.4 Å². The fourth-order valence-corrected chi connectivity index (χ4v) is 1.55. The SMILES string of the molecule is COc1c(OC(F)(F)F)cc(CC(=O)O)nc1CCl. The van der Waals surface area contributed by atoms with E-state index in [-0.39, 0.29) is 23.0 Å². The van der Waals surface area contributed by atoms with Gasteiger partial charge in [-0.1, -0.05) is 0 Å². The Labute approximate surface area is 110 Å². The number of rotatable bonds is 5. The maximum absolute atomic E-state index is 12.2. The monoisotopic (exact) mass is 299 g/mol. The van der Waals surface area contributed by atoms with Crippen LogP contribution in [-0.2, 0) is 17.1 Å². The summed E-state index contributed by atoms with van der Waals surface area (Å²) >= 11 is 5.54. The molecule has 1 aromatic heterocycles. The molecule has 0 aliphatic carbocycles. The molecular weight excluding hydrogens is 291 g/mol. The van der Waals surface area contributed by atoms with Crippen LogP contribution in [0.4, 0.5) is 13.2 Å². The molecule has 5 nitrogen and oxygen atoms in total. The van der Waals surface area contributed by atoms with Crippen LogP contribution in [0, 0.1) is 0 Å². The second-order valence-corrected chi connectivity index (χ2v) is 3.61. The molecule has 9 heteroatoms. The summed E-state index contributed by atoms with van der Waals surface area (Å²) in [4.78, 5) is 14.4. The van der Waals surface area contributed by atoms with Crippen LogP contribution in [0.25, 0.3) is 0 Å². The van der Waals surface area contributed by atoms with Crippen molar-refractivity contribution in [3.8, 4) is 11.5 Å². The Hall–Kier alpha value is -1.70. The Morgan fingerprint density at radius 2 is 2.16 bits per heavy atom. The molecule has 0 amide bonds. The number of hydrogen-bond acceptors (Lipinski definition) is 4. The predicted octanol–water partition coefficient (Wildman–Crippen LogP) is 2.35. The van der Waals surface area contributed by atoms with Gasteiger partial charge in [0, 0.05) is 6.07 Å². The number of methoxy groups -OCH3 is 1. The molecule has 0 bridgehead atoms. The molecule has 0 spiro atoms. The van der Waals surface area contributed by atoms with Crippen molar-refractivity contribution in [2.45, 2.75) is 18.7 Å². The van der Waals surface area contributed by atoms with Crippen molar-refractivity contribution >= 4 is 17.6 Å². The summed E-state index contributed by atoms with van der Waals surface area (Å²) in [5, 5.41) is 8.61. The number of alkyl halides is 4. The lowest BCUT2D eigenvalue weighted by molar-refractivity contribution is -0.275. The number of ether oxygens (including phenoxy) is 2. The number of carboxylic acid groups (broad SMARTS) is 1. The zero-order valence-electron chi connectivity index (χ0n) is 9.62. The Morgan fingerprint density at radius 3 is 2.58 bits per heavy atom. The molecule has 1 aromatic rings. The van der Waals surface area contributed by atoms with Gasteiger partial charge >= 0.3 is 12.3 Å². The predicted molar refractivity (Wildman–Crippen MR) is 58.4 cm³/mol. The van der Waals surface area contributed by atoms with Gasteiger partial charge in [-0.3, -0.25) is 9.78 Å². The largest absolute Gasteiger partial charge is 0.573 e. The number of hydrogen-bond donors (Lipinski definition) is 1. The molecule has 0 unspecified atom stereocenters. The van der Waals surface area contributed by atoms with E-state index < -0.39 is 24.5 Å². The molecule has 0 radical (unpaired) electrons. The average Bonchev–Trinajstić information content (AvgIpc) is 2.25. The quantitative estimate of drug-likeness (QED) is 0.845. The number of aromatic nitrogens is 1. The molecule has 19 heavy (non-hydrogen) atoms. The molecule has 0 atom stereocenters. The first-order valence-electron chi connectivity index (χ1n) is 4.87. The van der Waals surface area contributed by atoms with Crippen LogP contribution in [-0.4, -0.2) is 29.5 Å². The Kier molecular flexibility index (Phi) is 4.82. The highest BCUT2D eigenvalue weighted by Crippen LogP contribution is 2.35. The third-order valence-corrected chi connectivity index (χ3v) is 2.20. The minimum absolute atomic E-state index is 0.0258. The lowest BCUT2D eigenvalue weighted by Gasteiger charge is -2.15. The molecule has 0 aliphatic heterocycles. The van der Waals surface area contributed by atoms with E-state index in [4.69, 9.17) is 21.4 Å². The summed E-state index contributed by atoms with van der Waals surface area (Å²) in [6.45, 7) is 0. The highest BCUT2D eigenvalue weighted by Gasteiger charge is 2.33. The topological polar surface area (TPSA) is 68.7 Å². The summed E-state index contributed by atoms with van der Waals surface area (Å²) in [5.41, 5.74) is -0.134. The van der Waals surface area contributed by atoms with E-state index in [0.29, 0.717) is 0 Å². The van der Waals surface area contributed by atoms with E-state index in [2.05, 4.69) is 9.72 Å². The van der Waals surface area contributed by atoms with Crippen LogP contribution in [0.2, 0.25) is 0 Å². The molecule has 0 aliphatic rings. The van der Waals surface area contributed by atoms with E-state index in [1.54, 1.807) is 0 Å². The van der Waals surface area contributed by atoms with Crippen molar-refractivity contribution in [2.75, 3.05) is 7.11 Å². The standard InChI is InChI=1S/C10H9ClF3NO4/c1-18-9-6(4-11)15-5(3-8(16)17)2-7(9)19-10(12,13)14/h2H,3-4H2,1H3,(H,16,17). The normalized spacial score (nSPS) is 11.2. The van der Waals surface area contributed by atoms with Gasteiger partial charge in [0.1, 0.15) is 5.69 Å². The van der Waals surface area contributed by atoms with E-state index in [9.17, 15) is 18.0 Å². The molecule has 1 rings (SSSR count). The van der Waals surface area contributed by atoms with E-state index in [0.717, 1.165) is 13.2 Å². The first-order chi connectivity index (χ1) is 8.76. The summed E-state index contributed by atoms with van der Waals surface area (Å²) in [7, 11) is 1.13. The number of pyridine rings is 1. The van der Waals surface area contributed by atoms with Gasteiger partial charge in [-0.05, 0) is 0 Å². The molecule has 1 N–H and O–H groups in total. The van der Waals surface area contributed by atoms with Crippen molar-refractivity contribution in [2.24, 2.45) is 0 Å². The van der Waals surface area contributed by atoms with E-state index in [1.165, 1.54) is 0 Å². The minimum Gasteiger partial charge on any atom is -0.491 e. The molecule has 1 heterocycles. The third-order valence-electron chi connectivity index (χ3n) is 1.95. The first kappa shape index (κ1) is 15.4. The number of carboxylic acids is 1. The fraction of sp³-hybridized carbons (Fsp3) is 0.400. The summed E-state index contributed by atoms with van der Waals surface area (Å²) in [5.74, 6) is -2.43. The van der Waals surface area contributed by atoms with Gasteiger partial charge in [-0.2, -0.15) is 0 Å². The van der Waals surface area contributed by atoms with E-state index in [1.807, 2.05) is 0 Å². The first-order valence-corrected chi connectivity index (χ1v) is 5.40. The molecular formula is C10H9ClF3NO4. The third kappa shape index (κ3) is 4.47. The van der Waals surface area contributed by atoms with Crippen LogP contribution in [0.15, 0.2) is 6.07 Å². The highest BCUT2D eigenvalue weighted by atomic mass is 35.5. The molecule has 0 saturated carbocycles. The summed E-state index contributed by atoms with van der Waals surface area (Å²) in [6, 6.07) is 0.858. The molecule has 106 valence electrons. The lowest BCUT2D eigenvalue weighted by Crippen LogP contribution is -2.18. The second kappa shape index (κ2) is 5.96. The smallest absolute Gasteiger partial charge is 0.491 e. The van der Waals surface area contributed by atoms with Crippen molar-refractivity contribution in [3.63, 3.8) is 0 Å². The zero-order chi connectivity index (χ0) is 14.6. The molecule has 0 saturated heterocycles. The molecule has 0 aromatic carbocycles. The zero-order valence-corrected chi connectivity index (χ0v) is 10.4. The Morgan fingerprint density at radius 1 is 1.53 bits per heavy atom. The fourth-order valence-electron chi connectivity index (χ4n) is 1.37. The van der Waals surface area contributed by atoms with Gasteiger partial charge in [0.2, 0.25) is 0 Å². The van der Waals surface area contributed by atoms with Gasteiger partial charge in [0.15, 0.2) is 11.5 Å². The van der Waals surface area contributed by atoms with Crippen LogP contribution >= 0.6 is 11.6 Å². The van der Waals surface area contributed by atoms with Crippen molar-refractivity contribution < 1.29 is 32.5 Å². The number of nitrogens with zero attached hydrogens (tertiary/aromatic N) is 1. The number of aliphatic carboxylic acids is 1. The van der Waals surface area contributed by atoms with Crippen LogP contribution in [0.5, 0.6) is 11.5 Å². The highest BCUT2D eigenvalue weighted by molar-refractivity contribution is 6.17. The maximum atomic E-state index is 12.2. The van der Waals surface area contributed by atoms with E-state index >= 15 is 0 Å². The van der Waals surface area contributed by atoms with Crippen molar-refractivity contribution in [1.29, 1.82) is 0 Å². The van der Waals surface area contributed by atoms with Crippen molar-refractivity contribution in [1.82, 2.24) is 4.98 Å². The van der Waals surface area contributed by atoms with Gasteiger partial charge in [-0.15, -0.1) is 24.8 Å². The minimum atomic E-state index is -4.93. The second-order valence-electron chi connectivity index (χ2n) is 3.34. The van der Waals surface area contributed by atoms with Gasteiger partial charge in [-0.25, -0.2) is 0 Å². The van der Waals surface area contributed by atoms with Gasteiger partial charge in [0.25, 0.3) is 0 Å². The number of halogens is 4. The number of carbonyl (C=O) groups is 1. The lowest BCUT2D eigenvalue weighted by atomic mass is 10.2. The Balaban J connectivity index is 3.27. The average molecular weight is 300 g/mol. The maximum Gasteiger partial charge on any atom is 0.573 e. The van der Waals surface area contributed by atoms with Crippen molar-refractivity contribution in [3.05, 3.63) is 17.5 Å². The summed E-state index contributed by atoms with van der Waals surface area (Å²) < 4.78 is 45.2. The van der Waals surface area contributed by atoms with Gasteiger partial charge in [0.05, 0.1) is 25.1 Å². The Bertz CT molecular complexity index is 479.